The lowest BCUT2D eigenvalue weighted by molar-refractivity contribution is -0.118. The van der Waals surface area contributed by atoms with Gasteiger partial charge in [-0.1, -0.05) is 0 Å². The van der Waals surface area contributed by atoms with E-state index < -0.39 is 0 Å². The van der Waals surface area contributed by atoms with Gasteiger partial charge in [0.25, 0.3) is 5.91 Å². The Morgan fingerprint density at radius 1 is 1.07 bits per heavy atom. The Labute approximate surface area is 172 Å². The molecular formula is C20H18N8O2. The summed E-state index contributed by atoms with van der Waals surface area (Å²) in [5.41, 5.74) is 2.22. The van der Waals surface area contributed by atoms with Crippen molar-refractivity contribution in [1.82, 2.24) is 29.5 Å². The first kappa shape index (κ1) is 19.0. The van der Waals surface area contributed by atoms with Crippen molar-refractivity contribution >= 4 is 23.1 Å². The first-order valence-corrected chi connectivity index (χ1v) is 9.05. The van der Waals surface area contributed by atoms with Gasteiger partial charge in [-0.05, 0) is 37.3 Å². The minimum absolute atomic E-state index is 0.171. The fourth-order valence-electron chi connectivity index (χ4n) is 2.56. The van der Waals surface area contributed by atoms with Crippen LogP contribution >= 0.6 is 0 Å². The van der Waals surface area contributed by atoms with Crippen LogP contribution in [0.1, 0.15) is 5.69 Å². The van der Waals surface area contributed by atoms with Gasteiger partial charge in [0.15, 0.2) is 6.61 Å². The second-order valence-electron chi connectivity index (χ2n) is 6.25. The van der Waals surface area contributed by atoms with Crippen molar-refractivity contribution in [2.45, 2.75) is 6.92 Å². The molecule has 0 bridgehead atoms. The number of rotatable bonds is 7. The number of aryl methyl sites for hydroxylation is 1. The number of amides is 1. The zero-order chi connectivity index (χ0) is 20.8. The van der Waals surface area contributed by atoms with Gasteiger partial charge in [-0.25, -0.2) is 24.9 Å². The summed E-state index contributed by atoms with van der Waals surface area (Å²) in [5, 5.41) is 5.96. The monoisotopic (exact) mass is 402 g/mol. The smallest absolute Gasteiger partial charge is 0.317 e. The van der Waals surface area contributed by atoms with Crippen LogP contribution in [0.25, 0.3) is 5.82 Å². The second kappa shape index (κ2) is 8.78. The van der Waals surface area contributed by atoms with Crippen molar-refractivity contribution < 1.29 is 9.53 Å². The average molecular weight is 402 g/mol. The number of aromatic nitrogens is 6. The predicted octanol–water partition coefficient (Wildman–Crippen LogP) is 2.52. The summed E-state index contributed by atoms with van der Waals surface area (Å²) < 4.78 is 7.09. The van der Waals surface area contributed by atoms with E-state index in [0.29, 0.717) is 17.3 Å². The molecule has 2 N–H and O–H groups in total. The van der Waals surface area contributed by atoms with Gasteiger partial charge in [-0.15, -0.1) is 0 Å². The Balaban J connectivity index is 1.33. The van der Waals surface area contributed by atoms with E-state index in [1.54, 1.807) is 47.7 Å². The number of imidazole rings is 1. The highest BCUT2D eigenvalue weighted by Gasteiger charge is 2.06. The number of hydrogen-bond donors (Lipinski definition) is 2. The predicted molar refractivity (Wildman–Crippen MR) is 110 cm³/mol. The molecule has 1 aromatic carbocycles. The molecule has 30 heavy (non-hydrogen) atoms. The fourth-order valence-corrected chi connectivity index (χ4v) is 2.56. The highest BCUT2D eigenvalue weighted by Crippen LogP contribution is 2.18. The quantitative estimate of drug-likeness (QED) is 0.484. The maximum absolute atomic E-state index is 12.1. The normalized spacial score (nSPS) is 10.4. The molecule has 0 unspecified atom stereocenters. The molecule has 0 saturated carbocycles. The van der Waals surface area contributed by atoms with Crippen LogP contribution in [0.5, 0.6) is 6.01 Å². The summed E-state index contributed by atoms with van der Waals surface area (Å²) in [6.45, 7) is 1.64. The van der Waals surface area contributed by atoms with Crippen molar-refractivity contribution in [2.24, 2.45) is 0 Å². The number of anilines is 3. The summed E-state index contributed by atoms with van der Waals surface area (Å²) in [6, 6.07) is 11.0. The topological polar surface area (TPSA) is 120 Å². The van der Waals surface area contributed by atoms with E-state index in [1.807, 2.05) is 25.1 Å². The maximum Gasteiger partial charge on any atom is 0.317 e. The third kappa shape index (κ3) is 4.93. The highest BCUT2D eigenvalue weighted by molar-refractivity contribution is 5.92. The van der Waals surface area contributed by atoms with E-state index in [4.69, 9.17) is 4.74 Å². The van der Waals surface area contributed by atoms with Crippen molar-refractivity contribution in [3.05, 3.63) is 73.3 Å². The molecule has 0 saturated heterocycles. The number of nitrogens with one attached hydrogen (secondary N) is 2. The van der Waals surface area contributed by atoms with Crippen molar-refractivity contribution in [3.63, 3.8) is 0 Å². The second-order valence-corrected chi connectivity index (χ2v) is 6.25. The van der Waals surface area contributed by atoms with Crippen molar-refractivity contribution in [2.75, 3.05) is 17.2 Å². The SMILES string of the molecule is Cc1ccnc(OCC(=O)Nc2ccc(Nc3cc(-n4ccnc4)ncn3)cc2)n1. The van der Waals surface area contributed by atoms with E-state index in [0.717, 1.165) is 11.4 Å². The van der Waals surface area contributed by atoms with Gasteiger partial charge in [-0.3, -0.25) is 9.36 Å². The standard InChI is InChI=1S/C20H18N8O2/c1-14-6-7-22-20(25-14)30-11-19(29)27-16-4-2-15(3-5-16)26-17-10-18(24-12-23-17)28-9-8-21-13-28/h2-10,12-13H,11H2,1H3,(H,27,29)(H,23,24,26). The van der Waals surface area contributed by atoms with Crippen LogP contribution in [0.15, 0.2) is 67.6 Å². The van der Waals surface area contributed by atoms with Crippen LogP contribution in [0.4, 0.5) is 17.2 Å². The molecule has 10 nitrogen and oxygen atoms in total. The minimum atomic E-state index is -0.304. The first-order chi connectivity index (χ1) is 14.7. The summed E-state index contributed by atoms with van der Waals surface area (Å²) in [5.74, 6) is 1.03. The third-order valence-electron chi connectivity index (χ3n) is 3.97. The molecule has 0 spiro atoms. The van der Waals surface area contributed by atoms with Crippen LogP contribution < -0.4 is 15.4 Å². The van der Waals surface area contributed by atoms with Crippen molar-refractivity contribution in [3.8, 4) is 11.8 Å². The van der Waals surface area contributed by atoms with Crippen LogP contribution in [0.2, 0.25) is 0 Å². The number of nitrogens with zero attached hydrogens (tertiary/aromatic N) is 6. The van der Waals surface area contributed by atoms with Gasteiger partial charge in [0, 0.05) is 41.7 Å². The lowest BCUT2D eigenvalue weighted by Gasteiger charge is -2.09. The Bertz CT molecular complexity index is 1130. The molecule has 0 atom stereocenters. The van der Waals surface area contributed by atoms with E-state index in [9.17, 15) is 4.79 Å². The largest absolute Gasteiger partial charge is 0.453 e. The molecule has 0 radical (unpaired) electrons. The third-order valence-corrected chi connectivity index (χ3v) is 3.97. The number of ether oxygens (including phenoxy) is 1. The van der Waals surface area contributed by atoms with Gasteiger partial charge in [0.2, 0.25) is 0 Å². The molecule has 150 valence electrons. The van der Waals surface area contributed by atoms with E-state index in [-0.39, 0.29) is 18.5 Å². The Hall–Kier alpha value is -4.34. The molecule has 1 amide bonds. The molecule has 0 aliphatic heterocycles. The number of hydrogen-bond acceptors (Lipinski definition) is 8. The fraction of sp³-hybridized carbons (Fsp3) is 0.100. The van der Waals surface area contributed by atoms with Crippen LogP contribution in [-0.2, 0) is 4.79 Å². The molecule has 4 aromatic rings. The highest BCUT2D eigenvalue weighted by atomic mass is 16.5. The summed E-state index contributed by atoms with van der Waals surface area (Å²) in [7, 11) is 0. The molecule has 0 aliphatic carbocycles. The lowest BCUT2D eigenvalue weighted by Crippen LogP contribution is -2.20. The van der Waals surface area contributed by atoms with E-state index >= 15 is 0 Å². The summed E-state index contributed by atoms with van der Waals surface area (Å²) in [6.07, 6.45) is 8.21. The Morgan fingerprint density at radius 3 is 2.67 bits per heavy atom. The first-order valence-electron chi connectivity index (χ1n) is 9.05. The Kier molecular flexibility index (Phi) is 5.56. The molecule has 3 aromatic heterocycles. The zero-order valence-electron chi connectivity index (χ0n) is 16.1. The van der Waals surface area contributed by atoms with Gasteiger partial charge in [-0.2, -0.15) is 0 Å². The maximum atomic E-state index is 12.1. The molecule has 4 rings (SSSR count). The number of carbonyl (C=O) groups is 1. The van der Waals surface area contributed by atoms with Gasteiger partial charge < -0.3 is 15.4 Å². The van der Waals surface area contributed by atoms with Gasteiger partial charge in [0.1, 0.15) is 24.3 Å². The zero-order valence-corrected chi connectivity index (χ0v) is 16.1. The molecule has 0 fully saturated rings. The molecule has 0 aliphatic rings. The molecule has 3 heterocycles. The van der Waals surface area contributed by atoms with E-state index in [2.05, 4.69) is 35.6 Å². The minimum Gasteiger partial charge on any atom is -0.453 e. The Morgan fingerprint density at radius 2 is 1.90 bits per heavy atom. The van der Waals surface area contributed by atoms with Crippen LogP contribution in [0.3, 0.4) is 0 Å². The van der Waals surface area contributed by atoms with Gasteiger partial charge in [0.05, 0.1) is 0 Å². The summed E-state index contributed by atoms with van der Waals surface area (Å²) in [4.78, 5) is 32.6. The molecular weight excluding hydrogens is 384 g/mol. The van der Waals surface area contributed by atoms with E-state index in [1.165, 1.54) is 6.33 Å². The average Bonchev–Trinajstić information content (AvgIpc) is 3.29. The van der Waals surface area contributed by atoms with Crippen LogP contribution in [-0.4, -0.2) is 42.0 Å². The number of carbonyl (C=O) groups excluding carboxylic acids is 1. The summed E-state index contributed by atoms with van der Waals surface area (Å²) >= 11 is 0. The molecule has 10 heteroatoms. The number of benzene rings is 1. The van der Waals surface area contributed by atoms with Gasteiger partial charge >= 0.3 is 6.01 Å². The van der Waals surface area contributed by atoms with Crippen molar-refractivity contribution in [1.29, 1.82) is 0 Å². The lowest BCUT2D eigenvalue weighted by atomic mass is 10.2. The van der Waals surface area contributed by atoms with Crippen LogP contribution in [0, 0.1) is 6.92 Å².